The van der Waals surface area contributed by atoms with E-state index >= 15 is 0 Å². The van der Waals surface area contributed by atoms with Crippen molar-refractivity contribution >= 4 is 56.8 Å². The minimum atomic E-state index is -4.03. The van der Waals surface area contributed by atoms with Gasteiger partial charge in [0, 0.05) is 16.5 Å². The van der Waals surface area contributed by atoms with Crippen molar-refractivity contribution in [2.45, 2.75) is 9.48 Å². The molecule has 0 saturated carbocycles. The molecule has 1 heterocycles. The van der Waals surface area contributed by atoms with E-state index in [9.17, 15) is 8.42 Å². The molecule has 0 unspecified atom stereocenters. The van der Waals surface area contributed by atoms with Gasteiger partial charge in [0.25, 0.3) is 0 Å². The first kappa shape index (κ1) is 17.3. The molecule has 0 aliphatic carbocycles. The summed E-state index contributed by atoms with van der Waals surface area (Å²) < 4.78 is 30.2. The molecule has 1 aliphatic rings. The molecule has 1 aliphatic heterocycles. The van der Waals surface area contributed by atoms with E-state index in [0.29, 0.717) is 4.58 Å². The molecule has 0 bridgehead atoms. The topological polar surface area (TPSA) is 43.4 Å². The molecule has 0 aromatic heterocycles. The minimum Gasteiger partial charge on any atom is -0.379 e. The fourth-order valence-corrected chi connectivity index (χ4v) is 6.60. The Hall–Kier alpha value is -0.530. The second-order valence-corrected chi connectivity index (χ2v) is 9.84. The van der Waals surface area contributed by atoms with Crippen LogP contribution >= 0.6 is 46.7 Å². The van der Waals surface area contributed by atoms with Crippen LogP contribution in [0.2, 0.25) is 10.0 Å². The minimum absolute atomic E-state index is 0.0739. The molecular formula is C15H12Cl2O3S3. The van der Waals surface area contributed by atoms with Gasteiger partial charge in [0.1, 0.15) is 10.6 Å². The van der Waals surface area contributed by atoms with Crippen LogP contribution in [-0.4, -0.2) is 19.9 Å². The van der Waals surface area contributed by atoms with Gasteiger partial charge in [0.2, 0.25) is 0 Å². The number of hydrogen-bond acceptors (Lipinski definition) is 5. The second-order valence-electron chi connectivity index (χ2n) is 4.75. The summed E-state index contributed by atoms with van der Waals surface area (Å²) in [5.74, 6) is 2.52. The Morgan fingerprint density at radius 2 is 1.65 bits per heavy atom. The van der Waals surface area contributed by atoms with Gasteiger partial charge in [0.15, 0.2) is 0 Å². The Labute approximate surface area is 153 Å². The van der Waals surface area contributed by atoms with Crippen LogP contribution in [-0.2, 0) is 10.1 Å². The lowest BCUT2D eigenvalue weighted by Crippen LogP contribution is -2.10. The maximum atomic E-state index is 12.3. The molecule has 0 N–H and O–H groups in total. The SMILES string of the molecule is O=S(=O)(Oc1ccc(C2SCCS2)cc1)c1cc(Cl)ccc1Cl. The first-order valence-electron chi connectivity index (χ1n) is 6.68. The molecule has 3 rings (SSSR count). The first-order valence-corrected chi connectivity index (χ1v) is 10.9. The Morgan fingerprint density at radius 3 is 2.30 bits per heavy atom. The highest BCUT2D eigenvalue weighted by molar-refractivity contribution is 8.19. The summed E-state index contributed by atoms with van der Waals surface area (Å²) in [7, 11) is -4.03. The predicted octanol–water partition coefficient (Wildman–Crippen LogP) is 5.24. The van der Waals surface area contributed by atoms with Crippen LogP contribution < -0.4 is 4.18 Å². The smallest absolute Gasteiger partial charge is 0.340 e. The van der Waals surface area contributed by atoms with E-state index in [-0.39, 0.29) is 20.7 Å². The maximum absolute atomic E-state index is 12.3. The monoisotopic (exact) mass is 406 g/mol. The van der Waals surface area contributed by atoms with Gasteiger partial charge in [-0.1, -0.05) is 35.3 Å². The van der Waals surface area contributed by atoms with E-state index in [4.69, 9.17) is 27.4 Å². The molecule has 3 nitrogen and oxygen atoms in total. The first-order chi connectivity index (χ1) is 11.0. The molecule has 23 heavy (non-hydrogen) atoms. The summed E-state index contributed by atoms with van der Waals surface area (Å²) in [6, 6.07) is 11.3. The van der Waals surface area contributed by atoms with Gasteiger partial charge in [-0.05, 0) is 35.9 Å². The van der Waals surface area contributed by atoms with Crippen molar-refractivity contribution < 1.29 is 12.6 Å². The largest absolute Gasteiger partial charge is 0.379 e. The van der Waals surface area contributed by atoms with Crippen molar-refractivity contribution in [3.63, 3.8) is 0 Å². The van der Waals surface area contributed by atoms with E-state index in [1.54, 1.807) is 12.1 Å². The summed E-state index contributed by atoms with van der Waals surface area (Å²) in [6.45, 7) is 0. The van der Waals surface area contributed by atoms with Gasteiger partial charge in [-0.3, -0.25) is 0 Å². The van der Waals surface area contributed by atoms with E-state index in [1.807, 2.05) is 35.7 Å². The third-order valence-electron chi connectivity index (χ3n) is 3.14. The maximum Gasteiger partial charge on any atom is 0.340 e. The Bertz CT molecular complexity index is 801. The molecule has 1 saturated heterocycles. The van der Waals surface area contributed by atoms with Crippen molar-refractivity contribution in [1.29, 1.82) is 0 Å². The summed E-state index contributed by atoms with van der Waals surface area (Å²) in [6.07, 6.45) is 0. The zero-order chi connectivity index (χ0) is 16.4. The van der Waals surface area contributed by atoms with Crippen molar-refractivity contribution in [2.75, 3.05) is 11.5 Å². The Morgan fingerprint density at radius 1 is 1.00 bits per heavy atom. The van der Waals surface area contributed by atoms with Crippen molar-refractivity contribution in [3.8, 4) is 5.75 Å². The van der Waals surface area contributed by atoms with Gasteiger partial charge in [-0.15, -0.1) is 23.5 Å². The standard InChI is InChI=1S/C15H12Cl2O3S3/c16-11-3-6-13(17)14(9-11)23(18,19)20-12-4-1-10(2-5-12)15-21-7-8-22-15/h1-6,9,15H,7-8H2. The van der Waals surface area contributed by atoms with Crippen LogP contribution in [0.25, 0.3) is 0 Å². The molecule has 0 radical (unpaired) electrons. The molecule has 2 aromatic carbocycles. The molecule has 1 fully saturated rings. The van der Waals surface area contributed by atoms with Crippen molar-refractivity contribution in [2.24, 2.45) is 0 Å². The highest BCUT2D eigenvalue weighted by Gasteiger charge is 2.22. The molecule has 2 aromatic rings. The van der Waals surface area contributed by atoms with Crippen molar-refractivity contribution in [1.82, 2.24) is 0 Å². The molecular weight excluding hydrogens is 395 g/mol. The summed E-state index contributed by atoms with van der Waals surface area (Å²) >= 11 is 15.5. The predicted molar refractivity (Wildman–Crippen MR) is 98.4 cm³/mol. The lowest BCUT2D eigenvalue weighted by atomic mass is 10.2. The quantitative estimate of drug-likeness (QED) is 0.649. The lowest BCUT2D eigenvalue weighted by Gasteiger charge is -2.11. The van der Waals surface area contributed by atoms with Crippen LogP contribution in [0.1, 0.15) is 10.1 Å². The Kier molecular flexibility index (Phi) is 5.38. The highest BCUT2D eigenvalue weighted by Crippen LogP contribution is 2.45. The molecule has 0 amide bonds. The second kappa shape index (κ2) is 7.15. The average Bonchev–Trinajstić information content (AvgIpc) is 3.04. The molecule has 8 heteroatoms. The summed E-state index contributed by atoms with van der Waals surface area (Å²) in [4.78, 5) is -0.141. The zero-order valence-corrected chi connectivity index (χ0v) is 15.7. The molecule has 0 spiro atoms. The lowest BCUT2D eigenvalue weighted by molar-refractivity contribution is 0.486. The van der Waals surface area contributed by atoms with Crippen molar-refractivity contribution in [3.05, 3.63) is 58.1 Å². The third kappa shape index (κ3) is 4.12. The van der Waals surface area contributed by atoms with E-state index in [1.165, 1.54) is 18.2 Å². The third-order valence-corrected chi connectivity index (χ3v) is 8.21. The van der Waals surface area contributed by atoms with Crippen LogP contribution in [0.5, 0.6) is 5.75 Å². The fourth-order valence-electron chi connectivity index (χ4n) is 2.07. The van der Waals surface area contributed by atoms with E-state index in [0.717, 1.165) is 17.1 Å². The number of hydrogen-bond donors (Lipinski definition) is 0. The molecule has 0 atom stereocenters. The van der Waals surface area contributed by atoms with Gasteiger partial charge >= 0.3 is 10.1 Å². The van der Waals surface area contributed by atoms with Gasteiger partial charge < -0.3 is 4.18 Å². The van der Waals surface area contributed by atoms with Gasteiger partial charge in [-0.2, -0.15) is 8.42 Å². The van der Waals surface area contributed by atoms with Gasteiger partial charge in [0.05, 0.1) is 9.60 Å². The number of benzene rings is 2. The summed E-state index contributed by atoms with van der Waals surface area (Å²) in [5, 5.41) is 0.354. The normalized spacial score (nSPS) is 15.7. The van der Waals surface area contributed by atoms with E-state index < -0.39 is 10.1 Å². The molecule has 122 valence electrons. The van der Waals surface area contributed by atoms with Crippen LogP contribution in [0, 0.1) is 0 Å². The Balaban J connectivity index is 1.81. The average molecular weight is 407 g/mol. The van der Waals surface area contributed by atoms with Crippen LogP contribution in [0.15, 0.2) is 47.4 Å². The number of thioether (sulfide) groups is 2. The fraction of sp³-hybridized carbons (Fsp3) is 0.200. The highest BCUT2D eigenvalue weighted by atomic mass is 35.5. The van der Waals surface area contributed by atoms with Crippen LogP contribution in [0.3, 0.4) is 0 Å². The number of halogens is 2. The number of rotatable bonds is 4. The van der Waals surface area contributed by atoms with E-state index in [2.05, 4.69) is 0 Å². The zero-order valence-electron chi connectivity index (χ0n) is 11.7. The van der Waals surface area contributed by atoms with Gasteiger partial charge in [-0.25, -0.2) is 0 Å². The summed E-state index contributed by atoms with van der Waals surface area (Å²) in [5.41, 5.74) is 1.16. The van der Waals surface area contributed by atoms with Crippen LogP contribution in [0.4, 0.5) is 0 Å².